The van der Waals surface area contributed by atoms with Gasteiger partial charge in [0, 0.05) is 25.6 Å². The summed E-state index contributed by atoms with van der Waals surface area (Å²) in [7, 11) is -3.45. The Morgan fingerprint density at radius 1 is 1.11 bits per heavy atom. The largest absolute Gasteiger partial charge is 0.481 e. The van der Waals surface area contributed by atoms with E-state index in [1.165, 1.54) is 4.31 Å². The van der Waals surface area contributed by atoms with Crippen LogP contribution in [0, 0.1) is 5.92 Å². The molecule has 0 spiro atoms. The SMILES string of the molecule is CC(NC(=O)CCc1ccc(S(=O)(=O)N2CCCCC2)cc1)C(C)C(=O)O. The Kier molecular flexibility index (Phi) is 7.38. The van der Waals surface area contributed by atoms with E-state index in [0.29, 0.717) is 19.5 Å². The molecule has 2 atom stereocenters. The summed E-state index contributed by atoms with van der Waals surface area (Å²) in [5, 5.41) is 11.6. The second-order valence-electron chi connectivity index (χ2n) is 7.09. The second-order valence-corrected chi connectivity index (χ2v) is 9.03. The molecule has 7 nitrogen and oxygen atoms in total. The van der Waals surface area contributed by atoms with Crippen molar-refractivity contribution in [3.05, 3.63) is 29.8 Å². The molecule has 1 saturated heterocycles. The lowest BCUT2D eigenvalue weighted by molar-refractivity contribution is -0.142. The first kappa shape index (κ1) is 21.4. The Balaban J connectivity index is 1.90. The normalized spacial score (nSPS) is 17.9. The van der Waals surface area contributed by atoms with Crippen LogP contribution in [-0.4, -0.2) is 48.8 Å². The van der Waals surface area contributed by atoms with Crippen molar-refractivity contribution >= 4 is 21.9 Å². The maximum atomic E-state index is 12.6. The molecule has 1 heterocycles. The van der Waals surface area contributed by atoms with Crippen molar-refractivity contribution in [2.45, 2.75) is 56.9 Å². The number of aryl methyl sites for hydroxylation is 1. The van der Waals surface area contributed by atoms with E-state index in [9.17, 15) is 18.0 Å². The topological polar surface area (TPSA) is 104 Å². The van der Waals surface area contributed by atoms with Crippen molar-refractivity contribution in [1.82, 2.24) is 9.62 Å². The van der Waals surface area contributed by atoms with Crippen LogP contribution in [0.15, 0.2) is 29.2 Å². The Morgan fingerprint density at radius 3 is 2.26 bits per heavy atom. The lowest BCUT2D eigenvalue weighted by Gasteiger charge is -2.25. The first-order valence-electron chi connectivity index (χ1n) is 9.33. The zero-order chi connectivity index (χ0) is 20.0. The quantitative estimate of drug-likeness (QED) is 0.700. The number of rotatable bonds is 8. The molecule has 0 aromatic heterocycles. The molecule has 1 amide bonds. The molecule has 2 unspecified atom stereocenters. The molecule has 1 fully saturated rings. The Hall–Kier alpha value is -1.93. The van der Waals surface area contributed by atoms with Crippen molar-refractivity contribution < 1.29 is 23.1 Å². The molecule has 1 aliphatic rings. The minimum Gasteiger partial charge on any atom is -0.481 e. The van der Waals surface area contributed by atoms with Gasteiger partial charge < -0.3 is 10.4 Å². The van der Waals surface area contributed by atoms with E-state index in [0.717, 1.165) is 24.8 Å². The number of hydrogen-bond acceptors (Lipinski definition) is 4. The van der Waals surface area contributed by atoms with Gasteiger partial charge in [-0.1, -0.05) is 18.6 Å². The molecule has 0 aliphatic carbocycles. The van der Waals surface area contributed by atoms with E-state index in [4.69, 9.17) is 5.11 Å². The average molecular weight is 397 g/mol. The number of piperidine rings is 1. The molecular formula is C19H28N2O5S. The van der Waals surface area contributed by atoms with Crippen molar-refractivity contribution in [2.24, 2.45) is 5.92 Å². The summed E-state index contributed by atoms with van der Waals surface area (Å²) in [5.41, 5.74) is 0.863. The summed E-state index contributed by atoms with van der Waals surface area (Å²) in [4.78, 5) is 23.2. The zero-order valence-electron chi connectivity index (χ0n) is 15.8. The van der Waals surface area contributed by atoms with E-state index in [1.807, 2.05) is 0 Å². The Labute approximate surface area is 160 Å². The Bertz CT molecular complexity index is 755. The van der Waals surface area contributed by atoms with Gasteiger partial charge in [0.05, 0.1) is 10.8 Å². The number of amides is 1. The zero-order valence-corrected chi connectivity index (χ0v) is 16.7. The predicted molar refractivity (Wildman–Crippen MR) is 102 cm³/mol. The van der Waals surface area contributed by atoms with Gasteiger partial charge in [0.2, 0.25) is 15.9 Å². The summed E-state index contributed by atoms with van der Waals surface area (Å²) in [6.07, 6.45) is 3.53. The lowest BCUT2D eigenvalue weighted by atomic mass is 10.0. The molecule has 0 saturated carbocycles. The number of aliphatic carboxylic acids is 1. The van der Waals surface area contributed by atoms with Gasteiger partial charge in [0.25, 0.3) is 0 Å². The second kappa shape index (κ2) is 9.32. The number of nitrogens with zero attached hydrogens (tertiary/aromatic N) is 1. The fourth-order valence-electron chi connectivity index (χ4n) is 3.01. The highest BCUT2D eigenvalue weighted by Gasteiger charge is 2.25. The van der Waals surface area contributed by atoms with Gasteiger partial charge in [-0.3, -0.25) is 9.59 Å². The minimum atomic E-state index is -3.45. The van der Waals surface area contributed by atoms with Gasteiger partial charge >= 0.3 is 5.97 Å². The van der Waals surface area contributed by atoms with Crippen LogP contribution in [0.5, 0.6) is 0 Å². The summed E-state index contributed by atoms with van der Waals surface area (Å²) in [5.74, 6) is -1.83. The van der Waals surface area contributed by atoms with Crippen LogP contribution >= 0.6 is 0 Å². The molecule has 0 radical (unpaired) electrons. The van der Waals surface area contributed by atoms with E-state index in [-0.39, 0.29) is 17.2 Å². The maximum Gasteiger partial charge on any atom is 0.308 e. The summed E-state index contributed by atoms with van der Waals surface area (Å²) in [6.45, 7) is 4.35. The third-order valence-corrected chi connectivity index (χ3v) is 6.96. The van der Waals surface area contributed by atoms with Gasteiger partial charge in [0.1, 0.15) is 0 Å². The summed E-state index contributed by atoms with van der Waals surface area (Å²) >= 11 is 0. The number of carbonyl (C=O) groups is 2. The highest BCUT2D eigenvalue weighted by molar-refractivity contribution is 7.89. The van der Waals surface area contributed by atoms with Crippen LogP contribution in [0.3, 0.4) is 0 Å². The number of carbonyl (C=O) groups excluding carboxylic acids is 1. The monoisotopic (exact) mass is 396 g/mol. The highest BCUT2D eigenvalue weighted by Crippen LogP contribution is 2.21. The summed E-state index contributed by atoms with van der Waals surface area (Å²) in [6, 6.07) is 6.19. The Morgan fingerprint density at radius 2 is 1.70 bits per heavy atom. The van der Waals surface area contributed by atoms with Gasteiger partial charge in [-0.15, -0.1) is 0 Å². The molecule has 1 aromatic rings. The van der Waals surface area contributed by atoms with E-state index in [2.05, 4.69) is 5.32 Å². The minimum absolute atomic E-state index is 0.217. The lowest BCUT2D eigenvalue weighted by Crippen LogP contribution is -2.40. The van der Waals surface area contributed by atoms with Crippen molar-refractivity contribution in [2.75, 3.05) is 13.1 Å². The maximum absolute atomic E-state index is 12.6. The number of nitrogens with one attached hydrogen (secondary N) is 1. The van der Waals surface area contributed by atoms with E-state index >= 15 is 0 Å². The van der Waals surface area contributed by atoms with Gasteiger partial charge in [-0.05, 0) is 50.8 Å². The molecule has 1 aliphatic heterocycles. The van der Waals surface area contributed by atoms with Crippen LogP contribution < -0.4 is 5.32 Å². The number of benzene rings is 1. The third-order valence-electron chi connectivity index (χ3n) is 5.05. The van der Waals surface area contributed by atoms with Crippen molar-refractivity contribution in [3.63, 3.8) is 0 Å². The van der Waals surface area contributed by atoms with Crippen LogP contribution in [0.4, 0.5) is 0 Å². The number of sulfonamides is 1. The molecule has 0 bridgehead atoms. The van der Waals surface area contributed by atoms with Crippen LogP contribution in [-0.2, 0) is 26.0 Å². The third kappa shape index (κ3) is 5.77. The highest BCUT2D eigenvalue weighted by atomic mass is 32.2. The van der Waals surface area contributed by atoms with Crippen LogP contribution in [0.25, 0.3) is 0 Å². The van der Waals surface area contributed by atoms with E-state index in [1.54, 1.807) is 38.1 Å². The van der Waals surface area contributed by atoms with Crippen LogP contribution in [0.2, 0.25) is 0 Å². The molecule has 8 heteroatoms. The number of carboxylic acid groups (broad SMARTS) is 1. The van der Waals surface area contributed by atoms with Gasteiger partial charge in [0.15, 0.2) is 0 Å². The molecular weight excluding hydrogens is 368 g/mol. The van der Waals surface area contributed by atoms with Crippen LogP contribution in [0.1, 0.15) is 45.1 Å². The fourth-order valence-corrected chi connectivity index (χ4v) is 4.52. The van der Waals surface area contributed by atoms with E-state index < -0.39 is 28.0 Å². The predicted octanol–water partition coefficient (Wildman–Crippen LogP) is 2.02. The molecule has 2 N–H and O–H groups in total. The fraction of sp³-hybridized carbons (Fsp3) is 0.579. The van der Waals surface area contributed by atoms with Gasteiger partial charge in [-0.2, -0.15) is 4.31 Å². The first-order chi connectivity index (χ1) is 12.7. The smallest absolute Gasteiger partial charge is 0.308 e. The molecule has 27 heavy (non-hydrogen) atoms. The number of carboxylic acids is 1. The first-order valence-corrected chi connectivity index (χ1v) is 10.8. The van der Waals surface area contributed by atoms with Crippen molar-refractivity contribution in [1.29, 1.82) is 0 Å². The van der Waals surface area contributed by atoms with Gasteiger partial charge in [-0.25, -0.2) is 8.42 Å². The molecule has 1 aromatic carbocycles. The summed E-state index contributed by atoms with van der Waals surface area (Å²) < 4.78 is 26.8. The average Bonchev–Trinajstić information content (AvgIpc) is 2.66. The molecule has 2 rings (SSSR count). The van der Waals surface area contributed by atoms with Crippen molar-refractivity contribution in [3.8, 4) is 0 Å². The number of hydrogen-bond donors (Lipinski definition) is 2. The standard InChI is InChI=1S/C19H28N2O5S/c1-14(19(23)24)15(2)20-18(22)11-8-16-6-9-17(10-7-16)27(25,26)21-12-4-3-5-13-21/h6-7,9-10,14-15H,3-5,8,11-13H2,1-2H3,(H,20,22)(H,23,24). The molecule has 150 valence electrons.